The fraction of sp³-hybridized carbons (Fsp3) is 0.688. The molecule has 1 aromatic rings. The van der Waals surface area contributed by atoms with Gasteiger partial charge in [-0.05, 0) is 31.9 Å². The molecule has 0 radical (unpaired) electrons. The molecular weight excluding hydrogens is 250 g/mol. The first-order valence-electron chi connectivity index (χ1n) is 7.92. The lowest BCUT2D eigenvalue weighted by Crippen LogP contribution is -2.62. The molecule has 2 fully saturated rings. The molecule has 1 saturated carbocycles. The summed E-state index contributed by atoms with van der Waals surface area (Å²) in [6, 6.07) is 4.01. The Bertz CT molecular complexity index is 435. The quantitative estimate of drug-likeness (QED) is 0.920. The summed E-state index contributed by atoms with van der Waals surface area (Å²) in [7, 11) is 0. The molecule has 20 heavy (non-hydrogen) atoms. The first-order chi connectivity index (χ1) is 9.86. The molecule has 0 bridgehead atoms. The number of piperazine rings is 1. The average Bonchev–Trinajstić information content (AvgIpc) is 2.50. The number of nitrogens with one attached hydrogen (secondary N) is 1. The monoisotopic (exact) mass is 275 g/mol. The van der Waals surface area contributed by atoms with Gasteiger partial charge >= 0.3 is 0 Å². The summed E-state index contributed by atoms with van der Waals surface area (Å²) in [4.78, 5) is 7.17. The van der Waals surface area contributed by atoms with Crippen molar-refractivity contribution in [3.63, 3.8) is 0 Å². The molecule has 0 unspecified atom stereocenters. The second-order valence-electron chi connectivity index (χ2n) is 5.87. The lowest BCUT2D eigenvalue weighted by molar-refractivity contribution is 0.236. The van der Waals surface area contributed by atoms with E-state index in [0.717, 1.165) is 31.2 Å². The van der Waals surface area contributed by atoms with Gasteiger partial charge in [0.1, 0.15) is 0 Å². The standard InChI is InChI=1S/C16H25N3O/c1-2-20-14-7-6-10-18-15(14)19-12-11-17-13-16(19)8-4-3-5-9-16/h6-7,10,17H,2-5,8-9,11-13H2,1H3. The van der Waals surface area contributed by atoms with Crippen LogP contribution < -0.4 is 15.0 Å². The number of rotatable bonds is 3. The highest BCUT2D eigenvalue weighted by Crippen LogP contribution is 2.39. The molecule has 1 aromatic heterocycles. The predicted octanol–water partition coefficient (Wildman–Crippen LogP) is 2.59. The fourth-order valence-corrected chi connectivity index (χ4v) is 3.68. The summed E-state index contributed by atoms with van der Waals surface area (Å²) in [5, 5.41) is 3.59. The number of aromatic nitrogens is 1. The Morgan fingerprint density at radius 3 is 3.00 bits per heavy atom. The zero-order chi connectivity index (χ0) is 13.8. The summed E-state index contributed by atoms with van der Waals surface area (Å²) < 4.78 is 5.80. The van der Waals surface area contributed by atoms with Crippen molar-refractivity contribution in [1.82, 2.24) is 10.3 Å². The zero-order valence-corrected chi connectivity index (χ0v) is 12.4. The van der Waals surface area contributed by atoms with Crippen LogP contribution in [0.15, 0.2) is 18.3 Å². The first kappa shape index (κ1) is 13.7. The molecule has 0 amide bonds. The Morgan fingerprint density at radius 2 is 2.20 bits per heavy atom. The van der Waals surface area contributed by atoms with Crippen LogP contribution in [0.4, 0.5) is 5.82 Å². The molecular formula is C16H25N3O. The highest BCUT2D eigenvalue weighted by molar-refractivity contribution is 5.55. The van der Waals surface area contributed by atoms with Gasteiger partial charge in [0.25, 0.3) is 0 Å². The Kier molecular flexibility index (Phi) is 4.10. The van der Waals surface area contributed by atoms with Crippen molar-refractivity contribution in [3.8, 4) is 5.75 Å². The van der Waals surface area contributed by atoms with Crippen molar-refractivity contribution in [2.24, 2.45) is 0 Å². The summed E-state index contributed by atoms with van der Waals surface area (Å²) in [6.07, 6.45) is 8.45. The van der Waals surface area contributed by atoms with Gasteiger partial charge in [-0.3, -0.25) is 0 Å². The van der Waals surface area contributed by atoms with E-state index < -0.39 is 0 Å². The second-order valence-corrected chi connectivity index (χ2v) is 5.87. The number of anilines is 1. The van der Waals surface area contributed by atoms with Crippen LogP contribution in [0.3, 0.4) is 0 Å². The highest BCUT2D eigenvalue weighted by atomic mass is 16.5. The lowest BCUT2D eigenvalue weighted by atomic mass is 9.79. The maximum atomic E-state index is 5.80. The van der Waals surface area contributed by atoms with Gasteiger partial charge in [0.2, 0.25) is 0 Å². The van der Waals surface area contributed by atoms with Gasteiger partial charge < -0.3 is 15.0 Å². The summed E-state index contributed by atoms with van der Waals surface area (Å²) >= 11 is 0. The van der Waals surface area contributed by atoms with E-state index in [0.29, 0.717) is 6.61 Å². The van der Waals surface area contributed by atoms with Crippen molar-refractivity contribution in [2.45, 2.75) is 44.6 Å². The van der Waals surface area contributed by atoms with Crippen LogP contribution in [0.1, 0.15) is 39.0 Å². The molecule has 1 N–H and O–H groups in total. The zero-order valence-electron chi connectivity index (χ0n) is 12.4. The van der Waals surface area contributed by atoms with E-state index in [1.807, 2.05) is 25.3 Å². The topological polar surface area (TPSA) is 37.4 Å². The SMILES string of the molecule is CCOc1cccnc1N1CCNCC12CCCCC2. The molecule has 2 aliphatic rings. The minimum absolute atomic E-state index is 0.247. The number of nitrogens with zero attached hydrogens (tertiary/aromatic N) is 2. The maximum absolute atomic E-state index is 5.80. The molecule has 2 heterocycles. The van der Waals surface area contributed by atoms with Crippen LogP contribution in [0.25, 0.3) is 0 Å². The third kappa shape index (κ3) is 2.49. The molecule has 0 aromatic carbocycles. The molecule has 1 saturated heterocycles. The van der Waals surface area contributed by atoms with Crippen molar-refractivity contribution in [3.05, 3.63) is 18.3 Å². The van der Waals surface area contributed by atoms with E-state index >= 15 is 0 Å². The molecule has 1 aliphatic heterocycles. The van der Waals surface area contributed by atoms with Crippen molar-refractivity contribution in [2.75, 3.05) is 31.1 Å². The highest BCUT2D eigenvalue weighted by Gasteiger charge is 2.41. The van der Waals surface area contributed by atoms with Crippen molar-refractivity contribution in [1.29, 1.82) is 0 Å². The minimum atomic E-state index is 0.247. The van der Waals surface area contributed by atoms with E-state index in [1.54, 1.807) is 0 Å². The fourth-order valence-electron chi connectivity index (χ4n) is 3.68. The van der Waals surface area contributed by atoms with Crippen molar-refractivity contribution < 1.29 is 4.74 Å². The van der Waals surface area contributed by atoms with Gasteiger partial charge in [-0.1, -0.05) is 19.3 Å². The predicted molar refractivity (Wildman–Crippen MR) is 81.4 cm³/mol. The Balaban J connectivity index is 1.93. The summed E-state index contributed by atoms with van der Waals surface area (Å²) in [5.41, 5.74) is 0.247. The Morgan fingerprint density at radius 1 is 1.35 bits per heavy atom. The van der Waals surface area contributed by atoms with Crippen LogP contribution in [0.2, 0.25) is 0 Å². The second kappa shape index (κ2) is 6.00. The first-order valence-corrected chi connectivity index (χ1v) is 7.92. The van der Waals surface area contributed by atoms with Gasteiger partial charge in [-0.25, -0.2) is 4.98 Å². The van der Waals surface area contributed by atoms with E-state index in [2.05, 4.69) is 15.2 Å². The normalized spacial score (nSPS) is 21.9. The van der Waals surface area contributed by atoms with Crippen LogP contribution in [0, 0.1) is 0 Å². The molecule has 4 nitrogen and oxygen atoms in total. The lowest BCUT2D eigenvalue weighted by Gasteiger charge is -2.50. The molecule has 4 heteroatoms. The summed E-state index contributed by atoms with van der Waals surface area (Å²) in [6.45, 7) is 5.86. The summed E-state index contributed by atoms with van der Waals surface area (Å²) in [5.74, 6) is 1.97. The van der Waals surface area contributed by atoms with Gasteiger partial charge in [-0.15, -0.1) is 0 Å². The number of hydrogen-bond acceptors (Lipinski definition) is 4. The molecule has 0 atom stereocenters. The number of ether oxygens (including phenoxy) is 1. The van der Waals surface area contributed by atoms with Crippen LogP contribution >= 0.6 is 0 Å². The average molecular weight is 275 g/mol. The smallest absolute Gasteiger partial charge is 0.171 e. The van der Waals surface area contributed by atoms with E-state index in [-0.39, 0.29) is 5.54 Å². The Hall–Kier alpha value is -1.29. The third-order valence-corrected chi connectivity index (χ3v) is 4.63. The minimum Gasteiger partial charge on any atom is -0.490 e. The number of pyridine rings is 1. The van der Waals surface area contributed by atoms with Gasteiger partial charge in [0.15, 0.2) is 11.6 Å². The van der Waals surface area contributed by atoms with E-state index in [9.17, 15) is 0 Å². The maximum Gasteiger partial charge on any atom is 0.171 e. The van der Waals surface area contributed by atoms with Crippen LogP contribution in [0.5, 0.6) is 5.75 Å². The van der Waals surface area contributed by atoms with Gasteiger partial charge in [0, 0.05) is 25.8 Å². The number of hydrogen-bond donors (Lipinski definition) is 1. The molecule has 3 rings (SSSR count). The largest absolute Gasteiger partial charge is 0.490 e. The van der Waals surface area contributed by atoms with Crippen molar-refractivity contribution >= 4 is 5.82 Å². The molecule has 1 spiro atoms. The van der Waals surface area contributed by atoms with Crippen LogP contribution in [-0.4, -0.2) is 36.8 Å². The van der Waals surface area contributed by atoms with Crippen LogP contribution in [-0.2, 0) is 0 Å². The van der Waals surface area contributed by atoms with Gasteiger partial charge in [0.05, 0.1) is 12.1 Å². The van der Waals surface area contributed by atoms with E-state index in [1.165, 1.54) is 32.1 Å². The Labute approximate surface area is 121 Å². The molecule has 1 aliphatic carbocycles. The van der Waals surface area contributed by atoms with E-state index in [4.69, 9.17) is 4.74 Å². The van der Waals surface area contributed by atoms with Gasteiger partial charge in [-0.2, -0.15) is 0 Å². The molecule has 110 valence electrons. The third-order valence-electron chi connectivity index (χ3n) is 4.63.